The van der Waals surface area contributed by atoms with E-state index in [-0.39, 0.29) is 23.0 Å². The van der Waals surface area contributed by atoms with Crippen LogP contribution in [0.4, 0.5) is 5.69 Å². The smallest absolute Gasteiger partial charge is 0.321 e. The fourth-order valence-corrected chi connectivity index (χ4v) is 5.90. The van der Waals surface area contributed by atoms with Crippen LogP contribution in [0.25, 0.3) is 0 Å². The summed E-state index contributed by atoms with van der Waals surface area (Å²) in [5.74, 6) is -2.18. The first-order chi connectivity index (χ1) is 16.0. The number of carboxylic acids is 1. The molecule has 0 spiro atoms. The fourth-order valence-electron chi connectivity index (χ4n) is 4.31. The molecule has 33 heavy (non-hydrogen) atoms. The largest absolute Gasteiger partial charge is 0.480 e. The summed E-state index contributed by atoms with van der Waals surface area (Å²) in [5, 5.41) is 21.2. The lowest BCUT2D eigenvalue weighted by Gasteiger charge is -2.26. The molecule has 2 N–H and O–H groups in total. The van der Waals surface area contributed by atoms with E-state index in [1.165, 1.54) is 17.3 Å². The third-order valence-electron chi connectivity index (χ3n) is 6.17. The number of amides is 1. The Kier molecular flexibility index (Phi) is 9.85. The van der Waals surface area contributed by atoms with Crippen LogP contribution in [0.15, 0.2) is 24.3 Å². The van der Waals surface area contributed by atoms with Gasteiger partial charge in [-0.05, 0) is 50.4 Å². The molecule has 1 amide bonds. The molecule has 3 unspecified atom stereocenters. The highest BCUT2D eigenvalue weighted by atomic mass is 32.2. The molecule has 0 radical (unpaired) electrons. The van der Waals surface area contributed by atoms with Crippen molar-refractivity contribution in [2.45, 2.75) is 43.2 Å². The van der Waals surface area contributed by atoms with Crippen LogP contribution in [0.5, 0.6) is 0 Å². The maximum Gasteiger partial charge on any atom is 0.321 e. The molecule has 3 atom stereocenters. The highest BCUT2D eigenvalue weighted by Crippen LogP contribution is 2.36. The maximum atomic E-state index is 12.8. The zero-order valence-electron chi connectivity index (χ0n) is 19.2. The summed E-state index contributed by atoms with van der Waals surface area (Å²) in [5.41, 5.74) is 2.35. The van der Waals surface area contributed by atoms with Gasteiger partial charge in [-0.3, -0.25) is 14.5 Å². The summed E-state index contributed by atoms with van der Waals surface area (Å²) >= 11 is 1.48. The molecule has 2 fully saturated rings. The first-order valence-electron chi connectivity index (χ1n) is 11.7. The number of hydrogen-bond donors (Lipinski definition) is 2. The molecule has 0 aliphatic carbocycles. The van der Waals surface area contributed by atoms with E-state index in [9.17, 15) is 14.7 Å². The fraction of sp³-hybridized carbons (Fsp3) is 0.625. The minimum Gasteiger partial charge on any atom is -0.480 e. The molecule has 2 aliphatic heterocycles. The van der Waals surface area contributed by atoms with E-state index in [2.05, 4.69) is 28.4 Å². The van der Waals surface area contributed by atoms with Crippen molar-refractivity contribution in [1.82, 2.24) is 9.80 Å². The number of nitriles is 1. The van der Waals surface area contributed by atoms with Gasteiger partial charge < -0.3 is 20.1 Å². The molecule has 2 aliphatic rings. The molecule has 1 aromatic rings. The molecule has 3 rings (SSSR count). The van der Waals surface area contributed by atoms with Crippen LogP contribution in [0, 0.1) is 17.2 Å². The van der Waals surface area contributed by atoms with Crippen LogP contribution in [-0.4, -0.2) is 83.3 Å². The van der Waals surface area contributed by atoms with Gasteiger partial charge in [-0.15, -0.1) is 11.8 Å². The molecule has 2 heterocycles. The van der Waals surface area contributed by atoms with Crippen LogP contribution < -0.4 is 5.32 Å². The Bertz CT molecular complexity index is 840. The molecule has 2 saturated heterocycles. The minimum absolute atomic E-state index is 0.0354. The van der Waals surface area contributed by atoms with E-state index in [4.69, 9.17) is 10.00 Å². The Balaban J connectivity index is 1.44. The number of benzene rings is 1. The average molecular weight is 475 g/mol. The predicted molar refractivity (Wildman–Crippen MR) is 129 cm³/mol. The number of aliphatic carboxylic acids is 1. The van der Waals surface area contributed by atoms with E-state index in [0.29, 0.717) is 19.5 Å². The highest BCUT2D eigenvalue weighted by Gasteiger charge is 2.40. The summed E-state index contributed by atoms with van der Waals surface area (Å²) in [6.45, 7) is 7.85. The minimum atomic E-state index is -1.13. The number of rotatable bonds is 12. The topological polar surface area (TPSA) is 106 Å². The zero-order valence-corrected chi connectivity index (χ0v) is 20.1. The van der Waals surface area contributed by atoms with Gasteiger partial charge in [0.25, 0.3) is 0 Å². The molecule has 0 saturated carbocycles. The lowest BCUT2D eigenvalue weighted by molar-refractivity contribution is -0.141. The lowest BCUT2D eigenvalue weighted by atomic mass is 10.1. The number of thioether (sulfide) groups is 1. The Morgan fingerprint density at radius 3 is 2.88 bits per heavy atom. The summed E-state index contributed by atoms with van der Waals surface area (Å²) in [6, 6.07) is 10.3. The number of carbonyl (C=O) groups is 2. The van der Waals surface area contributed by atoms with Crippen molar-refractivity contribution >= 4 is 29.3 Å². The number of anilines is 1. The van der Waals surface area contributed by atoms with Crippen molar-refractivity contribution in [3.63, 3.8) is 0 Å². The Morgan fingerprint density at radius 2 is 2.18 bits per heavy atom. The molecule has 180 valence electrons. The van der Waals surface area contributed by atoms with E-state index in [1.807, 2.05) is 19.1 Å². The van der Waals surface area contributed by atoms with Crippen molar-refractivity contribution < 1.29 is 19.4 Å². The Hall–Kier alpha value is -2.28. The first kappa shape index (κ1) is 25.3. The summed E-state index contributed by atoms with van der Waals surface area (Å²) < 4.78 is 5.40. The van der Waals surface area contributed by atoms with Crippen molar-refractivity contribution in [3.8, 4) is 6.07 Å². The molecular formula is C24H34N4O4S. The molecule has 8 nitrogen and oxygen atoms in total. The number of carbonyl (C=O) groups excluding carboxylic acids is 1. The maximum absolute atomic E-state index is 12.8. The van der Waals surface area contributed by atoms with Gasteiger partial charge in [0.05, 0.1) is 29.9 Å². The second-order valence-electron chi connectivity index (χ2n) is 8.43. The van der Waals surface area contributed by atoms with Crippen molar-refractivity contribution in [1.29, 1.82) is 5.26 Å². The Labute approximate surface area is 200 Å². The number of morpholine rings is 1. The number of carboxylic acid groups (broad SMARTS) is 1. The van der Waals surface area contributed by atoms with Gasteiger partial charge in [-0.1, -0.05) is 12.1 Å². The molecule has 9 heteroatoms. The van der Waals surface area contributed by atoms with E-state index in [1.54, 1.807) is 4.90 Å². The third kappa shape index (κ3) is 7.36. The molecule has 1 aromatic carbocycles. The van der Waals surface area contributed by atoms with Crippen molar-refractivity contribution in [3.05, 3.63) is 29.8 Å². The number of hydrogen-bond acceptors (Lipinski definition) is 7. The van der Waals surface area contributed by atoms with Gasteiger partial charge in [0, 0.05) is 38.3 Å². The highest BCUT2D eigenvalue weighted by molar-refractivity contribution is 8.01. The second-order valence-corrected chi connectivity index (χ2v) is 9.82. The molecule has 0 bridgehead atoms. The average Bonchev–Trinajstić information content (AvgIpc) is 3.12. The van der Waals surface area contributed by atoms with Gasteiger partial charge >= 0.3 is 5.97 Å². The van der Waals surface area contributed by atoms with Crippen LogP contribution in [-0.2, 0) is 20.7 Å². The molecule has 0 aromatic heterocycles. The lowest BCUT2D eigenvalue weighted by Crippen LogP contribution is -2.36. The Morgan fingerprint density at radius 1 is 1.39 bits per heavy atom. The van der Waals surface area contributed by atoms with Crippen molar-refractivity contribution in [2.75, 3.05) is 51.3 Å². The van der Waals surface area contributed by atoms with Gasteiger partial charge in [-0.2, -0.15) is 5.26 Å². The summed E-state index contributed by atoms with van der Waals surface area (Å²) in [6.07, 6.45) is 2.96. The summed E-state index contributed by atoms with van der Waals surface area (Å²) in [7, 11) is 0. The standard InChI is InChI=1S/C24H34N4O4S/c1-2-28-22(16-19(17-25)24(30)31)33-21(23(28)29)8-9-26-20-7-3-5-18(15-20)6-4-10-27-11-13-32-14-12-27/h3,5,7,15,19,21-22,26H,2,4,6,8-14,16H2,1H3,(H,30,31). The number of nitrogens with zero attached hydrogens (tertiary/aromatic N) is 3. The summed E-state index contributed by atoms with van der Waals surface area (Å²) in [4.78, 5) is 28.1. The van der Waals surface area contributed by atoms with Crippen LogP contribution in [0.3, 0.4) is 0 Å². The predicted octanol–water partition coefficient (Wildman–Crippen LogP) is 2.66. The monoisotopic (exact) mass is 474 g/mol. The number of ether oxygens (including phenoxy) is 1. The van der Waals surface area contributed by atoms with E-state index < -0.39 is 11.9 Å². The van der Waals surface area contributed by atoms with Gasteiger partial charge in [-0.25, -0.2) is 0 Å². The van der Waals surface area contributed by atoms with Crippen LogP contribution in [0.1, 0.15) is 31.7 Å². The normalized spacial score (nSPS) is 22.2. The SMILES string of the molecule is CCN1C(=O)C(CCNc2cccc(CCCN3CCOCC3)c2)SC1CC(C#N)C(=O)O. The van der Waals surface area contributed by atoms with Gasteiger partial charge in [0.2, 0.25) is 5.91 Å². The van der Waals surface area contributed by atoms with Gasteiger partial charge in [0.15, 0.2) is 0 Å². The van der Waals surface area contributed by atoms with Crippen molar-refractivity contribution in [2.24, 2.45) is 5.92 Å². The van der Waals surface area contributed by atoms with E-state index >= 15 is 0 Å². The number of aryl methyl sites for hydroxylation is 1. The number of nitrogens with one attached hydrogen (secondary N) is 1. The van der Waals surface area contributed by atoms with Crippen LogP contribution >= 0.6 is 11.8 Å². The second kappa shape index (κ2) is 12.8. The van der Waals surface area contributed by atoms with E-state index in [0.717, 1.165) is 51.4 Å². The first-order valence-corrected chi connectivity index (χ1v) is 12.7. The van der Waals surface area contributed by atoms with Crippen LogP contribution in [0.2, 0.25) is 0 Å². The van der Waals surface area contributed by atoms with Gasteiger partial charge in [0.1, 0.15) is 5.92 Å². The molecular weight excluding hydrogens is 440 g/mol. The third-order valence-corrected chi connectivity index (χ3v) is 7.69. The quantitative estimate of drug-likeness (QED) is 0.476. The zero-order chi connectivity index (χ0) is 23.6.